The maximum atomic E-state index is 9.94. The van der Waals surface area contributed by atoms with Crippen LogP contribution in [0.2, 0.25) is 0 Å². The molecule has 1 aromatic carbocycles. The molecule has 1 N–H and O–H groups in total. The lowest BCUT2D eigenvalue weighted by Crippen LogP contribution is -1.94. The van der Waals surface area contributed by atoms with Gasteiger partial charge in [0, 0.05) is 6.07 Å². The van der Waals surface area contributed by atoms with Crippen LogP contribution in [0.4, 0.5) is 0 Å². The van der Waals surface area contributed by atoms with Crippen molar-refractivity contribution in [3.05, 3.63) is 54.4 Å². The number of hydrogen-bond donors (Lipinski definition) is 1. The molecule has 80 valence electrons. The van der Waals surface area contributed by atoms with Crippen LogP contribution in [-0.2, 0) is 0 Å². The monoisotopic (exact) mass is 227 g/mol. The van der Waals surface area contributed by atoms with E-state index in [1.54, 1.807) is 0 Å². The number of halogens is 1. The second kappa shape index (κ2) is 7.58. The number of aromatic nitrogens is 1. The average molecular weight is 228 g/mol. The van der Waals surface area contributed by atoms with E-state index in [4.69, 9.17) is 5.11 Å². The highest BCUT2D eigenvalue weighted by molar-refractivity contribution is 5.85. The second-order valence-electron chi connectivity index (χ2n) is 2.34. The van der Waals surface area contributed by atoms with Gasteiger partial charge < -0.3 is 9.63 Å². The van der Waals surface area contributed by atoms with Crippen LogP contribution in [0, 0.1) is 0 Å². The van der Waals surface area contributed by atoms with Gasteiger partial charge in [-0.05, 0) is 0 Å². The Hall–Kier alpha value is -1.81. The Balaban J connectivity index is 0.000000253. The zero-order valence-electron chi connectivity index (χ0n) is 7.74. The van der Waals surface area contributed by atoms with Crippen LogP contribution in [-0.4, -0.2) is 16.2 Å². The molecule has 0 atom stereocenters. The minimum atomic E-state index is -1.07. The number of carbonyl (C=O) groups is 1. The second-order valence-corrected chi connectivity index (χ2v) is 2.34. The SMILES string of the molecule is Cl.O=C(O)c1ccon1.c1ccccc1. The van der Waals surface area contributed by atoms with Crippen LogP contribution in [0.3, 0.4) is 0 Å². The number of nitrogens with zero attached hydrogens (tertiary/aromatic N) is 1. The fourth-order valence-electron chi connectivity index (χ4n) is 0.708. The summed E-state index contributed by atoms with van der Waals surface area (Å²) < 4.78 is 4.24. The van der Waals surface area contributed by atoms with Gasteiger partial charge in [-0.1, -0.05) is 41.6 Å². The van der Waals surface area contributed by atoms with Crippen molar-refractivity contribution in [1.29, 1.82) is 0 Å². The van der Waals surface area contributed by atoms with Crippen molar-refractivity contribution in [2.24, 2.45) is 0 Å². The van der Waals surface area contributed by atoms with Crippen LogP contribution < -0.4 is 0 Å². The summed E-state index contributed by atoms with van der Waals surface area (Å²) in [6.45, 7) is 0. The maximum Gasteiger partial charge on any atom is 0.358 e. The molecule has 0 aliphatic heterocycles. The summed E-state index contributed by atoms with van der Waals surface area (Å²) in [6.07, 6.45) is 1.21. The van der Waals surface area contributed by atoms with E-state index in [2.05, 4.69) is 9.68 Å². The third kappa shape index (κ3) is 5.49. The van der Waals surface area contributed by atoms with E-state index in [0.717, 1.165) is 0 Å². The Morgan fingerprint density at radius 1 is 1.13 bits per heavy atom. The fourth-order valence-corrected chi connectivity index (χ4v) is 0.708. The lowest BCUT2D eigenvalue weighted by atomic mass is 10.4. The third-order valence-electron chi connectivity index (χ3n) is 1.32. The Kier molecular flexibility index (Phi) is 6.67. The number of carboxylic acid groups (broad SMARTS) is 1. The summed E-state index contributed by atoms with van der Waals surface area (Å²) in [5.74, 6) is -1.07. The standard InChI is InChI=1S/C6H6.C4H3NO3.ClH/c1-2-4-6-5-3-1;6-4(7)3-1-2-8-5-3;/h1-6H;1-2H,(H,6,7);1H. The van der Waals surface area contributed by atoms with Gasteiger partial charge in [0.2, 0.25) is 0 Å². The van der Waals surface area contributed by atoms with E-state index in [1.807, 2.05) is 36.4 Å². The van der Waals surface area contributed by atoms with Crippen molar-refractivity contribution in [3.8, 4) is 0 Å². The molecule has 0 aliphatic carbocycles. The van der Waals surface area contributed by atoms with Crippen molar-refractivity contribution in [2.45, 2.75) is 0 Å². The minimum absolute atomic E-state index is 0. The van der Waals surface area contributed by atoms with Crippen LogP contribution in [0.5, 0.6) is 0 Å². The van der Waals surface area contributed by atoms with Gasteiger partial charge in [-0.25, -0.2) is 4.79 Å². The van der Waals surface area contributed by atoms with E-state index in [0.29, 0.717) is 0 Å². The Bertz CT molecular complexity index is 335. The number of rotatable bonds is 1. The van der Waals surface area contributed by atoms with Crippen molar-refractivity contribution in [2.75, 3.05) is 0 Å². The lowest BCUT2D eigenvalue weighted by Gasteiger charge is -1.75. The minimum Gasteiger partial charge on any atom is -0.476 e. The fraction of sp³-hybridized carbons (Fsp3) is 0. The quantitative estimate of drug-likeness (QED) is 0.813. The molecule has 2 aromatic rings. The maximum absolute atomic E-state index is 9.94. The summed E-state index contributed by atoms with van der Waals surface area (Å²) in [5, 5.41) is 11.3. The molecule has 0 fully saturated rings. The van der Waals surface area contributed by atoms with Gasteiger partial charge >= 0.3 is 5.97 Å². The van der Waals surface area contributed by atoms with Crippen LogP contribution in [0.1, 0.15) is 10.5 Å². The van der Waals surface area contributed by atoms with Gasteiger partial charge in [0.25, 0.3) is 0 Å². The normalized spacial score (nSPS) is 8.00. The third-order valence-corrected chi connectivity index (χ3v) is 1.32. The number of hydrogen-bond acceptors (Lipinski definition) is 3. The highest BCUT2D eigenvalue weighted by Gasteiger charge is 2.02. The first-order valence-electron chi connectivity index (χ1n) is 3.94. The molecular weight excluding hydrogens is 218 g/mol. The topological polar surface area (TPSA) is 63.3 Å². The lowest BCUT2D eigenvalue weighted by molar-refractivity contribution is 0.0685. The zero-order chi connectivity index (χ0) is 10.2. The summed E-state index contributed by atoms with van der Waals surface area (Å²) in [4.78, 5) is 9.94. The highest BCUT2D eigenvalue weighted by atomic mass is 35.5. The smallest absolute Gasteiger partial charge is 0.358 e. The zero-order valence-corrected chi connectivity index (χ0v) is 8.55. The van der Waals surface area contributed by atoms with Gasteiger partial charge in [0.1, 0.15) is 6.26 Å². The largest absolute Gasteiger partial charge is 0.476 e. The molecule has 0 unspecified atom stereocenters. The summed E-state index contributed by atoms with van der Waals surface area (Å²) in [7, 11) is 0. The molecule has 0 saturated carbocycles. The van der Waals surface area contributed by atoms with E-state index in [1.165, 1.54) is 12.3 Å². The molecule has 2 rings (SSSR count). The van der Waals surface area contributed by atoms with E-state index < -0.39 is 5.97 Å². The van der Waals surface area contributed by atoms with Crippen molar-refractivity contribution >= 4 is 18.4 Å². The Labute approximate surface area is 92.9 Å². The van der Waals surface area contributed by atoms with Crippen molar-refractivity contribution in [3.63, 3.8) is 0 Å². The molecule has 0 radical (unpaired) electrons. The van der Waals surface area contributed by atoms with Gasteiger partial charge in [-0.15, -0.1) is 12.4 Å². The molecule has 0 saturated heterocycles. The van der Waals surface area contributed by atoms with Crippen molar-refractivity contribution in [1.82, 2.24) is 5.16 Å². The average Bonchev–Trinajstić information content (AvgIpc) is 2.74. The number of benzene rings is 1. The molecular formula is C10H10ClNO3. The molecule has 0 bridgehead atoms. The van der Waals surface area contributed by atoms with Gasteiger partial charge in [-0.3, -0.25) is 0 Å². The van der Waals surface area contributed by atoms with Gasteiger partial charge in [0.05, 0.1) is 0 Å². The first-order valence-corrected chi connectivity index (χ1v) is 3.94. The molecule has 0 aliphatic rings. The molecule has 15 heavy (non-hydrogen) atoms. The first kappa shape index (κ1) is 13.2. The van der Waals surface area contributed by atoms with Crippen LogP contribution >= 0.6 is 12.4 Å². The predicted molar refractivity (Wildman–Crippen MR) is 57.2 cm³/mol. The molecule has 1 aromatic heterocycles. The van der Waals surface area contributed by atoms with E-state index in [9.17, 15) is 4.79 Å². The number of carboxylic acids is 1. The summed E-state index contributed by atoms with van der Waals surface area (Å²) >= 11 is 0. The summed E-state index contributed by atoms with van der Waals surface area (Å²) in [6, 6.07) is 13.3. The Morgan fingerprint density at radius 3 is 1.80 bits per heavy atom. The van der Waals surface area contributed by atoms with Crippen molar-refractivity contribution < 1.29 is 14.4 Å². The van der Waals surface area contributed by atoms with E-state index >= 15 is 0 Å². The van der Waals surface area contributed by atoms with Gasteiger partial charge in [-0.2, -0.15) is 0 Å². The molecule has 1 heterocycles. The van der Waals surface area contributed by atoms with E-state index in [-0.39, 0.29) is 18.1 Å². The molecule has 5 heteroatoms. The molecule has 0 spiro atoms. The van der Waals surface area contributed by atoms with Gasteiger partial charge in [0.15, 0.2) is 5.69 Å². The summed E-state index contributed by atoms with van der Waals surface area (Å²) in [5.41, 5.74) is -0.0648. The highest BCUT2D eigenvalue weighted by Crippen LogP contribution is 1.91. The Morgan fingerprint density at radius 2 is 1.60 bits per heavy atom. The molecule has 4 nitrogen and oxygen atoms in total. The van der Waals surface area contributed by atoms with Crippen LogP contribution in [0.15, 0.2) is 53.3 Å². The van der Waals surface area contributed by atoms with Crippen LogP contribution in [0.25, 0.3) is 0 Å². The molecule has 0 amide bonds. The number of aromatic carboxylic acids is 1. The predicted octanol–water partition coefficient (Wildman–Crippen LogP) is 2.48. The first-order chi connectivity index (χ1) is 6.80.